The van der Waals surface area contributed by atoms with Crippen molar-refractivity contribution in [2.45, 2.75) is 5.03 Å². The van der Waals surface area contributed by atoms with E-state index in [1.807, 2.05) is 30.5 Å². The Labute approximate surface area is 141 Å². The maximum absolute atomic E-state index is 12.5. The summed E-state index contributed by atoms with van der Waals surface area (Å²) in [5.41, 5.74) is 0.298. The molecule has 0 aliphatic carbocycles. The minimum absolute atomic E-state index is 0.327. The minimum Gasteiger partial charge on any atom is -0.497 e. The minimum atomic E-state index is -0.418. The summed E-state index contributed by atoms with van der Waals surface area (Å²) in [5.74, 6) is 1.18. The van der Waals surface area contributed by atoms with E-state index < -0.39 is 11.2 Å². The number of fused-ring (bicyclic) bond motifs is 1. The lowest BCUT2D eigenvalue weighted by molar-refractivity contribution is 0.415. The van der Waals surface area contributed by atoms with Gasteiger partial charge in [-0.15, -0.1) is 11.8 Å². The summed E-state index contributed by atoms with van der Waals surface area (Å²) in [7, 11) is 4.64. The van der Waals surface area contributed by atoms with Crippen LogP contribution in [0, 0.1) is 0 Å². The lowest BCUT2D eigenvalue weighted by Crippen LogP contribution is -2.37. The standard InChI is InChI=1S/C16H16N4O3S/c1-19-13-11(15(21)20(2)16(19)22)14(24-4)18-12(17-13)9-5-7-10(23-3)8-6-9/h5-8H,1-4H3. The Morgan fingerprint density at radius 1 is 1.04 bits per heavy atom. The molecule has 0 radical (unpaired) electrons. The second-order valence-corrected chi connectivity index (χ2v) is 5.98. The van der Waals surface area contributed by atoms with Crippen molar-refractivity contribution in [2.75, 3.05) is 13.4 Å². The molecule has 0 unspecified atom stereocenters. The van der Waals surface area contributed by atoms with Crippen LogP contribution in [0.5, 0.6) is 5.75 Å². The second kappa shape index (κ2) is 6.12. The van der Waals surface area contributed by atoms with Crippen LogP contribution in [-0.2, 0) is 14.1 Å². The van der Waals surface area contributed by atoms with Gasteiger partial charge in [0.2, 0.25) is 0 Å². The second-order valence-electron chi connectivity index (χ2n) is 5.19. The molecule has 7 nitrogen and oxygen atoms in total. The zero-order chi connectivity index (χ0) is 17.4. The van der Waals surface area contributed by atoms with Crippen molar-refractivity contribution in [1.29, 1.82) is 0 Å². The maximum Gasteiger partial charge on any atom is 0.332 e. The highest BCUT2D eigenvalue weighted by molar-refractivity contribution is 7.98. The Morgan fingerprint density at radius 2 is 1.71 bits per heavy atom. The van der Waals surface area contributed by atoms with E-state index in [4.69, 9.17) is 4.74 Å². The van der Waals surface area contributed by atoms with E-state index >= 15 is 0 Å². The number of aryl methyl sites for hydroxylation is 1. The van der Waals surface area contributed by atoms with Crippen molar-refractivity contribution >= 4 is 22.8 Å². The van der Waals surface area contributed by atoms with Crippen LogP contribution in [0.1, 0.15) is 0 Å². The van der Waals surface area contributed by atoms with E-state index in [0.29, 0.717) is 21.9 Å². The molecule has 0 spiro atoms. The zero-order valence-electron chi connectivity index (χ0n) is 13.7. The van der Waals surface area contributed by atoms with Gasteiger partial charge < -0.3 is 4.74 Å². The number of rotatable bonds is 3. The molecular formula is C16H16N4O3S. The summed E-state index contributed by atoms with van der Waals surface area (Å²) < 4.78 is 7.58. The molecule has 2 heterocycles. The Bertz CT molecular complexity index is 1040. The van der Waals surface area contributed by atoms with Gasteiger partial charge in [-0.3, -0.25) is 13.9 Å². The van der Waals surface area contributed by atoms with E-state index in [-0.39, 0.29) is 0 Å². The molecule has 124 valence electrons. The molecular weight excluding hydrogens is 328 g/mol. The predicted molar refractivity (Wildman–Crippen MR) is 93.8 cm³/mol. The molecule has 0 saturated heterocycles. The van der Waals surface area contributed by atoms with Gasteiger partial charge in [0.15, 0.2) is 11.5 Å². The average molecular weight is 344 g/mol. The summed E-state index contributed by atoms with van der Waals surface area (Å²) in [6, 6.07) is 7.29. The smallest absolute Gasteiger partial charge is 0.332 e. The van der Waals surface area contributed by atoms with Crippen molar-refractivity contribution in [3.63, 3.8) is 0 Å². The lowest BCUT2D eigenvalue weighted by Gasteiger charge is -2.11. The van der Waals surface area contributed by atoms with Crippen LogP contribution in [0.4, 0.5) is 0 Å². The van der Waals surface area contributed by atoms with Crippen LogP contribution in [0.3, 0.4) is 0 Å². The first-order chi connectivity index (χ1) is 11.5. The number of thioether (sulfide) groups is 1. The molecule has 0 bridgehead atoms. The summed E-state index contributed by atoms with van der Waals surface area (Å²) in [6.45, 7) is 0. The monoisotopic (exact) mass is 344 g/mol. The number of ether oxygens (including phenoxy) is 1. The van der Waals surface area contributed by atoms with E-state index in [0.717, 1.165) is 15.9 Å². The Balaban J connectivity index is 2.36. The molecule has 0 atom stereocenters. The van der Waals surface area contributed by atoms with Crippen molar-refractivity contribution in [3.8, 4) is 17.1 Å². The van der Waals surface area contributed by atoms with Crippen LogP contribution in [0.15, 0.2) is 38.9 Å². The summed E-state index contributed by atoms with van der Waals surface area (Å²) in [4.78, 5) is 33.6. The molecule has 1 aromatic carbocycles. The Kier molecular flexibility index (Phi) is 4.15. The zero-order valence-corrected chi connectivity index (χ0v) is 14.5. The number of nitrogens with zero attached hydrogens (tertiary/aromatic N) is 4. The van der Waals surface area contributed by atoms with Gasteiger partial charge in [-0.2, -0.15) is 0 Å². The molecule has 8 heteroatoms. The van der Waals surface area contributed by atoms with Crippen LogP contribution in [0.2, 0.25) is 0 Å². The molecule has 0 saturated carbocycles. The summed E-state index contributed by atoms with van der Waals surface area (Å²) >= 11 is 1.35. The highest BCUT2D eigenvalue weighted by atomic mass is 32.2. The van der Waals surface area contributed by atoms with Gasteiger partial charge in [-0.1, -0.05) is 0 Å². The highest BCUT2D eigenvalue weighted by Crippen LogP contribution is 2.25. The quantitative estimate of drug-likeness (QED) is 0.528. The third-order valence-corrected chi connectivity index (χ3v) is 4.49. The fourth-order valence-electron chi connectivity index (χ4n) is 2.45. The van der Waals surface area contributed by atoms with Gasteiger partial charge in [0.05, 0.1) is 7.11 Å². The fraction of sp³-hybridized carbons (Fsp3) is 0.250. The number of aromatic nitrogens is 4. The van der Waals surface area contributed by atoms with Crippen LogP contribution in [-0.4, -0.2) is 32.5 Å². The molecule has 24 heavy (non-hydrogen) atoms. The van der Waals surface area contributed by atoms with Crippen molar-refractivity contribution in [1.82, 2.24) is 19.1 Å². The van der Waals surface area contributed by atoms with Crippen LogP contribution >= 0.6 is 11.8 Å². The van der Waals surface area contributed by atoms with Crippen molar-refractivity contribution < 1.29 is 4.74 Å². The Hall–Kier alpha value is -2.61. The van der Waals surface area contributed by atoms with Crippen molar-refractivity contribution in [3.05, 3.63) is 45.1 Å². The first kappa shape index (κ1) is 16.3. The molecule has 3 aromatic rings. The number of methoxy groups -OCH3 is 1. The molecule has 0 amide bonds. The average Bonchev–Trinajstić information content (AvgIpc) is 2.63. The normalized spacial score (nSPS) is 11.0. The number of benzene rings is 1. The third-order valence-electron chi connectivity index (χ3n) is 3.81. The van der Waals surface area contributed by atoms with Gasteiger partial charge in [0.25, 0.3) is 5.56 Å². The lowest BCUT2D eigenvalue weighted by atomic mass is 10.2. The van der Waals surface area contributed by atoms with Gasteiger partial charge in [0, 0.05) is 19.7 Å². The van der Waals surface area contributed by atoms with E-state index in [2.05, 4.69) is 9.97 Å². The molecule has 0 aliphatic heterocycles. The van der Waals surface area contributed by atoms with Gasteiger partial charge in [-0.05, 0) is 30.5 Å². The van der Waals surface area contributed by atoms with E-state index in [9.17, 15) is 9.59 Å². The number of hydrogen-bond acceptors (Lipinski definition) is 6. The third kappa shape index (κ3) is 2.48. The molecule has 3 rings (SSSR count). The predicted octanol–water partition coefficient (Wildman–Crippen LogP) is 1.42. The first-order valence-corrected chi connectivity index (χ1v) is 8.36. The highest BCUT2D eigenvalue weighted by Gasteiger charge is 2.17. The van der Waals surface area contributed by atoms with Gasteiger partial charge >= 0.3 is 5.69 Å². The molecule has 2 aromatic heterocycles. The topological polar surface area (TPSA) is 79.0 Å². The van der Waals surface area contributed by atoms with Crippen LogP contribution in [0.25, 0.3) is 22.4 Å². The van der Waals surface area contributed by atoms with Crippen LogP contribution < -0.4 is 16.0 Å². The molecule has 0 aliphatic rings. The first-order valence-electron chi connectivity index (χ1n) is 7.14. The van der Waals surface area contributed by atoms with E-state index in [1.54, 1.807) is 14.2 Å². The molecule has 0 fully saturated rings. The maximum atomic E-state index is 12.5. The largest absolute Gasteiger partial charge is 0.497 e. The Morgan fingerprint density at radius 3 is 2.29 bits per heavy atom. The van der Waals surface area contributed by atoms with Gasteiger partial charge in [0.1, 0.15) is 16.2 Å². The summed E-state index contributed by atoms with van der Waals surface area (Å²) in [6.07, 6.45) is 1.84. The molecule has 0 N–H and O–H groups in total. The SMILES string of the molecule is COc1ccc(-c2nc(SC)c3c(=O)n(C)c(=O)n(C)c3n2)cc1. The van der Waals surface area contributed by atoms with Gasteiger partial charge in [-0.25, -0.2) is 14.8 Å². The fourth-order valence-corrected chi connectivity index (χ4v) is 3.01. The van der Waals surface area contributed by atoms with E-state index in [1.165, 1.54) is 23.4 Å². The summed E-state index contributed by atoms with van der Waals surface area (Å²) in [5, 5.41) is 0.895. The van der Waals surface area contributed by atoms with Crippen molar-refractivity contribution in [2.24, 2.45) is 14.1 Å². The number of hydrogen-bond donors (Lipinski definition) is 0.